The van der Waals surface area contributed by atoms with Gasteiger partial charge in [-0.15, -0.1) is 0 Å². The van der Waals surface area contributed by atoms with Gasteiger partial charge in [0.25, 0.3) is 5.56 Å². The number of rotatable bonds is 9. The summed E-state index contributed by atoms with van der Waals surface area (Å²) < 4.78 is 52.3. The summed E-state index contributed by atoms with van der Waals surface area (Å²) in [5.74, 6) is -1.85. The number of carbonyl (C=O) groups is 3. The van der Waals surface area contributed by atoms with Crippen molar-refractivity contribution in [1.82, 2.24) is 19.7 Å². The molecule has 0 spiro atoms. The number of pyridine rings is 1. The number of hydrogen-bond acceptors (Lipinski definition) is 8. The minimum Gasteiger partial charge on any atom is -0.496 e. The Morgan fingerprint density at radius 3 is 2.35 bits per heavy atom. The summed E-state index contributed by atoms with van der Waals surface area (Å²) in [6.07, 6.45) is 4.79. The van der Waals surface area contributed by atoms with E-state index in [-0.39, 0.29) is 35.8 Å². The van der Waals surface area contributed by atoms with Gasteiger partial charge in [0.15, 0.2) is 0 Å². The molecule has 55 heavy (non-hydrogen) atoms. The number of aromatic nitrogens is 1. The van der Waals surface area contributed by atoms with Gasteiger partial charge in [-0.25, -0.2) is 13.2 Å². The maximum atomic E-state index is 15.8. The molecule has 1 aromatic heterocycles. The topological polar surface area (TPSA) is 116 Å². The first-order valence-corrected chi connectivity index (χ1v) is 18.7. The number of carbonyl (C=O) groups excluding carboxylic acids is 3. The van der Waals surface area contributed by atoms with Gasteiger partial charge in [-0.05, 0) is 91.6 Å². The average molecular weight is 759 g/mol. The fraction of sp³-hybridized carbons (Fsp3) is 0.415. The lowest BCUT2D eigenvalue weighted by Gasteiger charge is -2.40. The third-order valence-corrected chi connectivity index (χ3v) is 11.4. The lowest BCUT2D eigenvalue weighted by atomic mass is 9.93. The summed E-state index contributed by atoms with van der Waals surface area (Å²) in [5, 5.41) is 6.03. The Hall–Kier alpha value is -5.37. The quantitative estimate of drug-likeness (QED) is 0.225. The van der Waals surface area contributed by atoms with E-state index < -0.39 is 29.4 Å². The first-order valence-electron chi connectivity index (χ1n) is 18.7. The second-order valence-corrected chi connectivity index (χ2v) is 14.8. The van der Waals surface area contributed by atoms with Gasteiger partial charge >= 0.3 is 0 Å². The van der Waals surface area contributed by atoms with Crippen molar-refractivity contribution in [2.75, 3.05) is 50.6 Å². The number of ether oxygens (including phenoxy) is 1. The van der Waals surface area contributed by atoms with Crippen LogP contribution in [0.25, 0.3) is 21.9 Å². The Morgan fingerprint density at radius 2 is 1.65 bits per heavy atom. The first kappa shape index (κ1) is 37.9. The summed E-state index contributed by atoms with van der Waals surface area (Å²) in [6, 6.07) is 11.3. The van der Waals surface area contributed by atoms with Crippen molar-refractivity contribution in [3.05, 3.63) is 88.1 Å². The van der Waals surface area contributed by atoms with E-state index in [1.54, 1.807) is 31.4 Å². The zero-order valence-electron chi connectivity index (χ0n) is 31.2. The van der Waals surface area contributed by atoms with Crippen LogP contribution < -0.4 is 25.8 Å². The van der Waals surface area contributed by atoms with Crippen molar-refractivity contribution in [3.63, 3.8) is 0 Å². The third kappa shape index (κ3) is 7.91. The van der Waals surface area contributed by atoms with Gasteiger partial charge in [-0.1, -0.05) is 0 Å². The minimum absolute atomic E-state index is 0.0381. The third-order valence-electron chi connectivity index (χ3n) is 11.4. The molecule has 3 amide bonds. The highest BCUT2D eigenvalue weighted by atomic mass is 19.1. The molecule has 7 rings (SSSR count). The number of halogens is 3. The van der Waals surface area contributed by atoms with Crippen molar-refractivity contribution >= 4 is 39.9 Å². The molecule has 2 N–H and O–H groups in total. The first-order chi connectivity index (χ1) is 26.4. The lowest BCUT2D eigenvalue weighted by molar-refractivity contribution is -0.138. The highest BCUT2D eigenvalue weighted by molar-refractivity contribution is 6.01. The number of anilines is 2. The van der Waals surface area contributed by atoms with Gasteiger partial charge in [0.1, 0.15) is 29.2 Å². The van der Waals surface area contributed by atoms with Crippen LogP contribution >= 0.6 is 0 Å². The van der Waals surface area contributed by atoms with Crippen molar-refractivity contribution in [2.45, 2.75) is 57.2 Å². The number of fused-ring (bicyclic) bond motifs is 1. The molecule has 3 aliphatic rings. The van der Waals surface area contributed by atoms with Crippen molar-refractivity contribution in [3.8, 4) is 16.9 Å². The molecule has 14 heteroatoms. The molecule has 4 heterocycles. The number of amides is 3. The van der Waals surface area contributed by atoms with E-state index in [9.17, 15) is 23.6 Å². The molecule has 0 bridgehead atoms. The summed E-state index contributed by atoms with van der Waals surface area (Å²) in [6.45, 7) is 2.68. The molecule has 1 unspecified atom stereocenters. The summed E-state index contributed by atoms with van der Waals surface area (Å²) >= 11 is 0. The molecule has 0 aliphatic carbocycles. The number of hydrogen-bond donors (Lipinski definition) is 2. The number of nitrogens with zero attached hydrogens (tertiary/aromatic N) is 4. The largest absolute Gasteiger partial charge is 0.496 e. The van der Waals surface area contributed by atoms with Crippen LogP contribution in [0.4, 0.5) is 24.5 Å². The molecule has 0 radical (unpaired) electrons. The Bertz CT molecular complexity index is 2200. The maximum Gasteiger partial charge on any atom is 0.258 e. The van der Waals surface area contributed by atoms with Gasteiger partial charge in [-0.2, -0.15) is 0 Å². The molecule has 4 aromatic rings. The number of piperidine rings is 3. The highest BCUT2D eigenvalue weighted by Crippen LogP contribution is 2.35. The number of likely N-dealkylation sites (tertiary alicyclic amines) is 1. The van der Waals surface area contributed by atoms with Crippen molar-refractivity contribution in [1.29, 1.82) is 0 Å². The van der Waals surface area contributed by atoms with Gasteiger partial charge in [-0.3, -0.25) is 29.4 Å². The van der Waals surface area contributed by atoms with Gasteiger partial charge in [0, 0.05) is 93.6 Å². The van der Waals surface area contributed by atoms with E-state index in [2.05, 4.69) is 15.5 Å². The molecular formula is C41H45F3N6O5. The van der Waals surface area contributed by atoms with Crippen molar-refractivity contribution < 1.29 is 32.3 Å². The Kier molecular flexibility index (Phi) is 10.9. The molecule has 3 saturated heterocycles. The standard InChI is InChI=1S/C41H45F3N6O5/c1-47-22-31(30-20-26(42)4-6-29(30)41(47)54)25-18-33(43)32(37(19-25)55-3)23-49-14-12-28(13-15-49)48(2)40(53)24-10-16-50(17-11-24)36-8-5-27(21-34(36)44)45-35-7-9-38(51)46-39(35)52/h4-6,8,18-22,24,28,35,45H,7,9-17,23H2,1-3H3,(H,46,51,52). The van der Waals surface area contributed by atoms with Crippen LogP contribution in [0.3, 0.4) is 0 Å². The molecule has 11 nitrogen and oxygen atoms in total. The molecule has 0 saturated carbocycles. The molecule has 3 aliphatic heterocycles. The Labute approximate surface area is 317 Å². The lowest BCUT2D eigenvalue weighted by Crippen LogP contribution is -2.49. The number of nitrogens with one attached hydrogen (secondary N) is 2. The van der Waals surface area contributed by atoms with Crippen molar-refractivity contribution in [2.24, 2.45) is 13.0 Å². The highest BCUT2D eigenvalue weighted by Gasteiger charge is 2.33. The molecule has 290 valence electrons. The average Bonchev–Trinajstić information content (AvgIpc) is 3.18. The number of aryl methyl sites for hydroxylation is 1. The van der Waals surface area contributed by atoms with Crippen LogP contribution in [0.2, 0.25) is 0 Å². The Morgan fingerprint density at radius 1 is 0.909 bits per heavy atom. The van der Waals surface area contributed by atoms with Crippen LogP contribution in [0, 0.1) is 23.4 Å². The van der Waals surface area contributed by atoms with E-state index in [0.717, 1.165) is 12.8 Å². The maximum absolute atomic E-state index is 15.8. The van der Waals surface area contributed by atoms with E-state index >= 15 is 8.78 Å². The minimum atomic E-state index is -0.602. The number of methoxy groups -OCH3 is 1. The zero-order valence-corrected chi connectivity index (χ0v) is 31.2. The summed E-state index contributed by atoms with van der Waals surface area (Å²) in [5.41, 5.74) is 2.01. The fourth-order valence-corrected chi connectivity index (χ4v) is 8.18. The normalized spacial score (nSPS) is 18.7. The second kappa shape index (κ2) is 15.8. The van der Waals surface area contributed by atoms with E-state index in [0.29, 0.717) is 96.6 Å². The predicted octanol–water partition coefficient (Wildman–Crippen LogP) is 5.19. The smallest absolute Gasteiger partial charge is 0.258 e. The van der Waals surface area contributed by atoms with Crippen LogP contribution in [-0.4, -0.2) is 84.5 Å². The molecular weight excluding hydrogens is 713 g/mol. The molecule has 3 fully saturated rings. The van der Waals surface area contributed by atoms with Crippen LogP contribution in [0.15, 0.2) is 59.5 Å². The van der Waals surface area contributed by atoms with E-state index in [4.69, 9.17) is 4.74 Å². The van der Waals surface area contributed by atoms with Crippen LogP contribution in [0.5, 0.6) is 5.75 Å². The molecule has 1 atom stereocenters. The van der Waals surface area contributed by atoms with Gasteiger partial charge in [0.05, 0.1) is 12.8 Å². The number of imide groups is 1. The van der Waals surface area contributed by atoms with E-state index in [1.165, 1.54) is 42.0 Å². The molecule has 3 aromatic carbocycles. The fourth-order valence-electron chi connectivity index (χ4n) is 8.18. The van der Waals surface area contributed by atoms with Crippen LogP contribution in [-0.2, 0) is 28.0 Å². The van der Waals surface area contributed by atoms with Crippen LogP contribution in [0.1, 0.15) is 44.1 Å². The summed E-state index contributed by atoms with van der Waals surface area (Å²) in [7, 11) is 4.93. The summed E-state index contributed by atoms with van der Waals surface area (Å²) in [4.78, 5) is 55.8. The number of benzene rings is 3. The van der Waals surface area contributed by atoms with E-state index in [1.807, 2.05) is 16.8 Å². The van der Waals surface area contributed by atoms with Gasteiger partial charge < -0.3 is 24.4 Å². The SMILES string of the molecule is COc1cc(-c2cn(C)c(=O)c3ccc(F)cc23)cc(F)c1CN1CCC(N(C)C(=O)C2CCN(c3ccc(NC4CCC(=O)NC4=O)cc3F)CC2)CC1. The monoisotopic (exact) mass is 758 g/mol. The van der Waals surface area contributed by atoms with Gasteiger partial charge in [0.2, 0.25) is 17.7 Å². The second-order valence-electron chi connectivity index (χ2n) is 14.8. The zero-order chi connectivity index (χ0) is 39.0. The predicted molar refractivity (Wildman–Crippen MR) is 203 cm³/mol. The Balaban J connectivity index is 0.929.